The molecule has 0 bridgehead atoms. The molecule has 21 heavy (non-hydrogen) atoms. The van der Waals surface area contributed by atoms with Gasteiger partial charge in [0.15, 0.2) is 0 Å². The van der Waals surface area contributed by atoms with E-state index in [0.717, 1.165) is 31.2 Å². The van der Waals surface area contributed by atoms with Crippen LogP contribution in [0.1, 0.15) is 23.2 Å². The molecule has 4 heteroatoms. The fourth-order valence-electron chi connectivity index (χ4n) is 2.98. The highest BCUT2D eigenvalue weighted by Crippen LogP contribution is 2.37. The van der Waals surface area contributed by atoms with E-state index >= 15 is 0 Å². The number of fused-ring (bicyclic) bond motifs is 1. The highest BCUT2D eigenvalue weighted by Gasteiger charge is 2.31. The van der Waals surface area contributed by atoms with E-state index in [1.165, 1.54) is 24.8 Å². The van der Waals surface area contributed by atoms with Gasteiger partial charge in [0.1, 0.15) is 6.26 Å². The van der Waals surface area contributed by atoms with Gasteiger partial charge in [-0.3, -0.25) is 4.79 Å². The van der Waals surface area contributed by atoms with Crippen LogP contribution in [-0.4, -0.2) is 25.5 Å². The summed E-state index contributed by atoms with van der Waals surface area (Å²) in [7, 11) is 0. The Balaban J connectivity index is 1.65. The molecule has 0 N–H and O–H groups in total. The summed E-state index contributed by atoms with van der Waals surface area (Å²) in [6.45, 7) is 2.75. The second-order valence-electron chi connectivity index (χ2n) is 5.85. The third-order valence-corrected chi connectivity index (χ3v) is 4.30. The van der Waals surface area contributed by atoms with Crippen LogP contribution in [0.5, 0.6) is 0 Å². The fourth-order valence-corrected chi connectivity index (χ4v) is 2.98. The maximum Gasteiger partial charge on any atom is 0.261 e. The zero-order valence-corrected chi connectivity index (χ0v) is 11.9. The highest BCUT2D eigenvalue weighted by atomic mass is 16.3. The van der Waals surface area contributed by atoms with Gasteiger partial charge in [-0.2, -0.15) is 0 Å². The summed E-state index contributed by atoms with van der Waals surface area (Å²) in [6, 6.07) is 9.92. The van der Waals surface area contributed by atoms with Crippen LogP contribution in [-0.2, 0) is 0 Å². The molecule has 1 aromatic heterocycles. The zero-order chi connectivity index (χ0) is 14.2. The Hall–Kier alpha value is -2.23. The predicted octanol–water partition coefficient (Wildman–Crippen LogP) is 3.16. The smallest absolute Gasteiger partial charge is 0.261 e. The Labute approximate surface area is 124 Å². The summed E-state index contributed by atoms with van der Waals surface area (Å²) < 4.78 is 5.04. The molecular formula is C17H18N2O2. The number of hydrogen-bond donors (Lipinski definition) is 0. The van der Waals surface area contributed by atoms with Crippen molar-refractivity contribution in [3.63, 3.8) is 0 Å². The van der Waals surface area contributed by atoms with E-state index in [-0.39, 0.29) is 5.91 Å². The molecule has 1 saturated carbocycles. The number of para-hydroxylation sites is 2. The van der Waals surface area contributed by atoms with Crippen molar-refractivity contribution in [2.24, 2.45) is 5.92 Å². The van der Waals surface area contributed by atoms with Crippen LogP contribution in [0, 0.1) is 5.92 Å². The summed E-state index contributed by atoms with van der Waals surface area (Å²) in [4.78, 5) is 16.9. The van der Waals surface area contributed by atoms with Crippen LogP contribution in [0.3, 0.4) is 0 Å². The van der Waals surface area contributed by atoms with Crippen molar-refractivity contribution < 1.29 is 9.21 Å². The lowest BCUT2D eigenvalue weighted by Crippen LogP contribution is -2.44. The Morgan fingerprint density at radius 2 is 1.95 bits per heavy atom. The van der Waals surface area contributed by atoms with Gasteiger partial charge in [0.25, 0.3) is 5.91 Å². The molecule has 0 saturated heterocycles. The minimum Gasteiger partial charge on any atom is -0.472 e. The number of furan rings is 1. The molecule has 1 aliphatic carbocycles. The predicted molar refractivity (Wildman–Crippen MR) is 81.8 cm³/mol. The van der Waals surface area contributed by atoms with Crippen molar-refractivity contribution in [3.05, 3.63) is 48.4 Å². The van der Waals surface area contributed by atoms with E-state index in [4.69, 9.17) is 4.42 Å². The van der Waals surface area contributed by atoms with Gasteiger partial charge < -0.3 is 14.2 Å². The van der Waals surface area contributed by atoms with E-state index in [9.17, 15) is 4.79 Å². The van der Waals surface area contributed by atoms with Gasteiger partial charge in [-0.1, -0.05) is 12.1 Å². The lowest BCUT2D eigenvalue weighted by atomic mass is 10.1. The van der Waals surface area contributed by atoms with Gasteiger partial charge in [0.2, 0.25) is 0 Å². The van der Waals surface area contributed by atoms with Gasteiger partial charge in [-0.05, 0) is 37.0 Å². The first-order valence-corrected chi connectivity index (χ1v) is 7.51. The highest BCUT2D eigenvalue weighted by molar-refractivity contribution is 6.08. The van der Waals surface area contributed by atoms with Gasteiger partial charge >= 0.3 is 0 Å². The van der Waals surface area contributed by atoms with E-state index in [1.807, 2.05) is 23.1 Å². The third kappa shape index (κ3) is 2.31. The summed E-state index contributed by atoms with van der Waals surface area (Å²) in [5, 5.41) is 0. The molecule has 1 aromatic carbocycles. The molecule has 0 spiro atoms. The molecule has 4 nitrogen and oxygen atoms in total. The van der Waals surface area contributed by atoms with Gasteiger partial charge in [0, 0.05) is 19.6 Å². The first-order valence-electron chi connectivity index (χ1n) is 7.51. The van der Waals surface area contributed by atoms with Crippen LogP contribution in [0.4, 0.5) is 11.4 Å². The minimum atomic E-state index is 0.0160. The number of hydrogen-bond acceptors (Lipinski definition) is 3. The topological polar surface area (TPSA) is 36.7 Å². The van der Waals surface area contributed by atoms with Gasteiger partial charge in [0.05, 0.1) is 23.2 Å². The molecule has 4 rings (SSSR count). The molecule has 0 radical (unpaired) electrons. The number of rotatable bonds is 3. The summed E-state index contributed by atoms with van der Waals surface area (Å²) in [6.07, 6.45) is 5.75. The second kappa shape index (κ2) is 4.95. The lowest BCUT2D eigenvalue weighted by Gasteiger charge is -2.37. The lowest BCUT2D eigenvalue weighted by molar-refractivity contribution is 0.0986. The van der Waals surface area contributed by atoms with Gasteiger partial charge in [-0.15, -0.1) is 0 Å². The SMILES string of the molecule is O=C(c1ccoc1)N1CCN(CC2CC2)c2ccccc21. The number of anilines is 2. The maximum absolute atomic E-state index is 12.6. The second-order valence-corrected chi connectivity index (χ2v) is 5.85. The normalized spacial score (nSPS) is 17.7. The number of carbonyl (C=O) groups excluding carboxylic acids is 1. The average molecular weight is 282 g/mol. The van der Waals surface area contributed by atoms with E-state index in [2.05, 4.69) is 11.0 Å². The van der Waals surface area contributed by atoms with Crippen molar-refractivity contribution in [2.75, 3.05) is 29.4 Å². The van der Waals surface area contributed by atoms with Crippen molar-refractivity contribution in [1.29, 1.82) is 0 Å². The standard InChI is InChI=1S/C17H18N2O2/c20-17(14-7-10-21-12-14)19-9-8-18(11-13-5-6-13)15-3-1-2-4-16(15)19/h1-4,7,10,12-13H,5-6,8-9,11H2. The molecule has 1 amide bonds. The molecule has 2 heterocycles. The first kappa shape index (κ1) is 12.5. The first-order chi connectivity index (χ1) is 10.3. The molecule has 1 aliphatic heterocycles. The average Bonchev–Trinajstić information content (AvgIpc) is 3.16. The molecule has 108 valence electrons. The number of nitrogens with zero attached hydrogens (tertiary/aromatic N) is 2. The molecule has 1 fully saturated rings. The van der Waals surface area contributed by atoms with Crippen molar-refractivity contribution in [1.82, 2.24) is 0 Å². The van der Waals surface area contributed by atoms with Crippen LogP contribution in [0.15, 0.2) is 47.3 Å². The third-order valence-electron chi connectivity index (χ3n) is 4.30. The van der Waals surface area contributed by atoms with Crippen molar-refractivity contribution in [3.8, 4) is 0 Å². The maximum atomic E-state index is 12.6. The Kier molecular flexibility index (Phi) is 2.95. The van der Waals surface area contributed by atoms with E-state index < -0.39 is 0 Å². The molecule has 2 aliphatic rings. The van der Waals surface area contributed by atoms with Crippen LogP contribution in [0.25, 0.3) is 0 Å². The fraction of sp³-hybridized carbons (Fsp3) is 0.353. The monoisotopic (exact) mass is 282 g/mol. The Bertz CT molecular complexity index is 647. The van der Waals surface area contributed by atoms with Crippen molar-refractivity contribution in [2.45, 2.75) is 12.8 Å². The van der Waals surface area contributed by atoms with Crippen molar-refractivity contribution >= 4 is 17.3 Å². The van der Waals surface area contributed by atoms with Crippen LogP contribution in [0.2, 0.25) is 0 Å². The minimum absolute atomic E-state index is 0.0160. The van der Waals surface area contributed by atoms with E-state index in [0.29, 0.717) is 5.56 Å². The summed E-state index contributed by atoms with van der Waals surface area (Å²) >= 11 is 0. The number of benzene rings is 1. The summed E-state index contributed by atoms with van der Waals surface area (Å²) in [5.41, 5.74) is 2.79. The molecule has 0 atom stereocenters. The molecule has 0 unspecified atom stereocenters. The van der Waals surface area contributed by atoms with E-state index in [1.54, 1.807) is 12.3 Å². The summed E-state index contributed by atoms with van der Waals surface area (Å²) in [5.74, 6) is 0.858. The quantitative estimate of drug-likeness (QED) is 0.867. The number of amides is 1. The van der Waals surface area contributed by atoms with Crippen LogP contribution >= 0.6 is 0 Å². The molecular weight excluding hydrogens is 264 g/mol. The number of carbonyl (C=O) groups is 1. The van der Waals surface area contributed by atoms with Crippen LogP contribution < -0.4 is 9.80 Å². The largest absolute Gasteiger partial charge is 0.472 e. The Morgan fingerprint density at radius 1 is 1.14 bits per heavy atom. The molecule has 2 aromatic rings. The Morgan fingerprint density at radius 3 is 2.67 bits per heavy atom. The van der Waals surface area contributed by atoms with Gasteiger partial charge in [-0.25, -0.2) is 0 Å². The zero-order valence-electron chi connectivity index (χ0n) is 11.9.